The zero-order chi connectivity index (χ0) is 14.1. The summed E-state index contributed by atoms with van der Waals surface area (Å²) in [4.78, 5) is 0. The fraction of sp³-hybridized carbons (Fsp3) is 0.438. The van der Waals surface area contributed by atoms with Gasteiger partial charge in [-0.3, -0.25) is 0 Å². The van der Waals surface area contributed by atoms with Crippen LogP contribution in [-0.4, -0.2) is 31.5 Å². The molecule has 5 heteroatoms. The minimum Gasteiger partial charge on any atom is -0.486 e. The fourth-order valence-corrected chi connectivity index (χ4v) is 2.93. The average molecular weight is 286 g/mol. The van der Waals surface area contributed by atoms with Crippen molar-refractivity contribution >= 4 is 0 Å². The molecule has 4 rings (SSSR count). The third-order valence-corrected chi connectivity index (χ3v) is 4.11. The van der Waals surface area contributed by atoms with Gasteiger partial charge in [0.25, 0.3) is 0 Å². The third-order valence-electron chi connectivity index (χ3n) is 4.11. The number of benzene rings is 1. The molecule has 2 aromatic rings. The monoisotopic (exact) mass is 286 g/mol. The molecule has 0 unspecified atom stereocenters. The molecule has 1 aromatic heterocycles. The smallest absolute Gasteiger partial charge is 0.167 e. The van der Waals surface area contributed by atoms with E-state index in [0.717, 1.165) is 54.4 Å². The highest BCUT2D eigenvalue weighted by atomic mass is 16.6. The van der Waals surface area contributed by atoms with Crippen LogP contribution in [-0.2, 0) is 0 Å². The largest absolute Gasteiger partial charge is 0.486 e. The summed E-state index contributed by atoms with van der Waals surface area (Å²) in [5, 5.41) is 7.62. The van der Waals surface area contributed by atoms with Crippen LogP contribution in [0.4, 0.5) is 0 Å². The number of aromatic nitrogens is 1. The Morgan fingerprint density at radius 1 is 1.00 bits per heavy atom. The molecule has 0 radical (unpaired) electrons. The lowest BCUT2D eigenvalue weighted by Crippen LogP contribution is -2.26. The van der Waals surface area contributed by atoms with Gasteiger partial charge in [0, 0.05) is 17.5 Å². The summed E-state index contributed by atoms with van der Waals surface area (Å²) in [6.45, 7) is 3.30. The van der Waals surface area contributed by atoms with E-state index in [1.165, 1.54) is 0 Å². The minimum atomic E-state index is 0.501. The van der Waals surface area contributed by atoms with Gasteiger partial charge >= 0.3 is 0 Å². The van der Waals surface area contributed by atoms with E-state index >= 15 is 0 Å². The SMILES string of the molecule is c1cc2c(cc1-c1cc(C3CCNCC3)no1)OCCO2. The molecular formula is C16H18N2O3. The second-order valence-corrected chi connectivity index (χ2v) is 5.50. The van der Waals surface area contributed by atoms with Crippen molar-refractivity contribution in [3.05, 3.63) is 30.0 Å². The fourth-order valence-electron chi connectivity index (χ4n) is 2.93. The maximum Gasteiger partial charge on any atom is 0.167 e. The molecule has 0 spiro atoms. The van der Waals surface area contributed by atoms with Gasteiger partial charge in [0.05, 0.1) is 5.69 Å². The third kappa shape index (κ3) is 2.49. The van der Waals surface area contributed by atoms with Gasteiger partial charge in [-0.2, -0.15) is 0 Å². The normalized spacial score (nSPS) is 18.7. The average Bonchev–Trinajstić information content (AvgIpc) is 3.05. The highest BCUT2D eigenvalue weighted by Crippen LogP contribution is 2.35. The van der Waals surface area contributed by atoms with Gasteiger partial charge in [0.2, 0.25) is 0 Å². The molecule has 1 fully saturated rings. The second kappa shape index (κ2) is 5.41. The Morgan fingerprint density at radius 3 is 2.67 bits per heavy atom. The molecule has 0 saturated carbocycles. The maximum atomic E-state index is 5.61. The van der Waals surface area contributed by atoms with Crippen molar-refractivity contribution in [2.75, 3.05) is 26.3 Å². The number of fused-ring (bicyclic) bond motifs is 1. The first-order chi connectivity index (χ1) is 10.4. The molecule has 110 valence electrons. The molecule has 0 bridgehead atoms. The van der Waals surface area contributed by atoms with Crippen LogP contribution in [0, 0.1) is 0 Å². The van der Waals surface area contributed by atoms with Crippen molar-refractivity contribution in [3.8, 4) is 22.8 Å². The first-order valence-corrected chi connectivity index (χ1v) is 7.47. The molecule has 21 heavy (non-hydrogen) atoms. The second-order valence-electron chi connectivity index (χ2n) is 5.50. The van der Waals surface area contributed by atoms with Crippen molar-refractivity contribution in [2.24, 2.45) is 0 Å². The Morgan fingerprint density at radius 2 is 1.81 bits per heavy atom. The molecule has 0 amide bonds. The summed E-state index contributed by atoms with van der Waals surface area (Å²) in [7, 11) is 0. The minimum absolute atomic E-state index is 0.501. The molecule has 0 aliphatic carbocycles. The van der Waals surface area contributed by atoms with Crippen LogP contribution in [0.5, 0.6) is 11.5 Å². The highest BCUT2D eigenvalue weighted by Gasteiger charge is 2.20. The van der Waals surface area contributed by atoms with Crippen molar-refractivity contribution in [3.63, 3.8) is 0 Å². The predicted molar refractivity (Wildman–Crippen MR) is 77.8 cm³/mol. The Bertz CT molecular complexity index is 632. The summed E-state index contributed by atoms with van der Waals surface area (Å²) < 4.78 is 16.7. The van der Waals surface area contributed by atoms with Gasteiger partial charge in [-0.25, -0.2) is 0 Å². The molecule has 1 saturated heterocycles. The van der Waals surface area contributed by atoms with E-state index in [2.05, 4.69) is 16.5 Å². The molecule has 5 nitrogen and oxygen atoms in total. The van der Waals surface area contributed by atoms with E-state index < -0.39 is 0 Å². The highest BCUT2D eigenvalue weighted by molar-refractivity contribution is 5.63. The van der Waals surface area contributed by atoms with Crippen molar-refractivity contribution in [1.29, 1.82) is 0 Å². The first kappa shape index (κ1) is 12.7. The maximum absolute atomic E-state index is 5.61. The molecule has 1 aromatic carbocycles. The van der Waals surface area contributed by atoms with Gasteiger partial charge < -0.3 is 19.3 Å². The van der Waals surface area contributed by atoms with Crippen LogP contribution in [0.1, 0.15) is 24.5 Å². The Kier molecular flexibility index (Phi) is 3.27. The van der Waals surface area contributed by atoms with Crippen LogP contribution in [0.2, 0.25) is 0 Å². The number of ether oxygens (including phenoxy) is 2. The van der Waals surface area contributed by atoms with Crippen molar-refractivity contribution < 1.29 is 14.0 Å². The summed E-state index contributed by atoms with van der Waals surface area (Å²) in [6, 6.07) is 7.93. The van der Waals surface area contributed by atoms with E-state index in [1.807, 2.05) is 18.2 Å². The standard InChI is InChI=1S/C16H18N2O3/c1-2-14-16(20-8-7-19-14)9-12(1)15-10-13(18-21-15)11-3-5-17-6-4-11/h1-2,9-11,17H,3-8H2. The first-order valence-electron chi connectivity index (χ1n) is 7.47. The summed E-state index contributed by atoms with van der Waals surface area (Å²) >= 11 is 0. The Labute approximate surface area is 123 Å². The molecule has 0 atom stereocenters. The lowest BCUT2D eigenvalue weighted by atomic mass is 9.94. The van der Waals surface area contributed by atoms with Crippen LogP contribution in [0.25, 0.3) is 11.3 Å². The Balaban J connectivity index is 1.60. The van der Waals surface area contributed by atoms with Gasteiger partial charge in [0.1, 0.15) is 13.2 Å². The number of hydrogen-bond acceptors (Lipinski definition) is 5. The van der Waals surface area contributed by atoms with Gasteiger partial charge in [-0.1, -0.05) is 5.16 Å². The van der Waals surface area contributed by atoms with Gasteiger partial charge in [0.15, 0.2) is 17.3 Å². The van der Waals surface area contributed by atoms with Gasteiger partial charge in [-0.15, -0.1) is 0 Å². The summed E-state index contributed by atoms with van der Waals surface area (Å²) in [5.41, 5.74) is 2.04. The number of piperidine rings is 1. The topological polar surface area (TPSA) is 56.5 Å². The number of hydrogen-bond donors (Lipinski definition) is 1. The summed E-state index contributed by atoms with van der Waals surface area (Å²) in [5.74, 6) is 2.86. The van der Waals surface area contributed by atoms with Gasteiger partial charge in [-0.05, 0) is 44.1 Å². The van der Waals surface area contributed by atoms with Crippen LogP contribution >= 0.6 is 0 Å². The zero-order valence-corrected chi connectivity index (χ0v) is 11.8. The lowest BCUT2D eigenvalue weighted by molar-refractivity contribution is 0.171. The van der Waals surface area contributed by atoms with E-state index in [9.17, 15) is 0 Å². The number of nitrogens with zero attached hydrogens (tertiary/aromatic N) is 1. The van der Waals surface area contributed by atoms with Crippen LogP contribution in [0.3, 0.4) is 0 Å². The summed E-state index contributed by atoms with van der Waals surface area (Å²) in [6.07, 6.45) is 2.24. The lowest BCUT2D eigenvalue weighted by Gasteiger charge is -2.19. The van der Waals surface area contributed by atoms with E-state index in [0.29, 0.717) is 19.1 Å². The van der Waals surface area contributed by atoms with Crippen molar-refractivity contribution in [2.45, 2.75) is 18.8 Å². The number of rotatable bonds is 2. The van der Waals surface area contributed by atoms with Crippen molar-refractivity contribution in [1.82, 2.24) is 10.5 Å². The van der Waals surface area contributed by atoms with E-state index in [-0.39, 0.29) is 0 Å². The predicted octanol–water partition coefficient (Wildman–Crippen LogP) is 2.58. The number of nitrogens with one attached hydrogen (secondary N) is 1. The van der Waals surface area contributed by atoms with E-state index in [1.54, 1.807) is 0 Å². The molecule has 3 heterocycles. The van der Waals surface area contributed by atoms with Crippen LogP contribution in [0.15, 0.2) is 28.8 Å². The molecule has 1 N–H and O–H groups in total. The zero-order valence-electron chi connectivity index (χ0n) is 11.8. The van der Waals surface area contributed by atoms with Crippen LogP contribution < -0.4 is 14.8 Å². The molecule has 2 aliphatic rings. The van der Waals surface area contributed by atoms with E-state index in [4.69, 9.17) is 14.0 Å². The molecular weight excluding hydrogens is 268 g/mol. The quantitative estimate of drug-likeness (QED) is 0.919. The molecule has 2 aliphatic heterocycles. The Hall–Kier alpha value is -2.01.